The Labute approximate surface area is 200 Å². The first-order valence-electron chi connectivity index (χ1n) is 11.4. The number of Topliss-reactive ketones (excluding diaryl/α,β-unsaturated/α-hetero) is 1. The van der Waals surface area contributed by atoms with E-state index in [1.165, 1.54) is 11.0 Å². The van der Waals surface area contributed by atoms with Crippen LogP contribution in [-0.2, 0) is 13.1 Å². The zero-order chi connectivity index (χ0) is 24.6. The molecule has 2 aliphatic heterocycles. The maximum absolute atomic E-state index is 14.5. The molecule has 0 radical (unpaired) electrons. The number of rotatable bonds is 6. The highest BCUT2D eigenvalue weighted by Gasteiger charge is 2.41. The number of ketones is 1. The van der Waals surface area contributed by atoms with Crippen molar-refractivity contribution in [1.82, 2.24) is 9.88 Å². The van der Waals surface area contributed by atoms with Crippen LogP contribution in [-0.4, -0.2) is 40.4 Å². The number of carbonyl (C=O) groups is 1. The summed E-state index contributed by atoms with van der Waals surface area (Å²) in [5.74, 6) is -5.46. The van der Waals surface area contributed by atoms with Gasteiger partial charge in [-0.25, -0.2) is 17.6 Å². The van der Waals surface area contributed by atoms with Gasteiger partial charge in [-0.3, -0.25) is 19.7 Å². The summed E-state index contributed by atoms with van der Waals surface area (Å²) in [5, 5.41) is 0. The highest BCUT2D eigenvalue weighted by molar-refractivity contribution is 6.16. The minimum absolute atomic E-state index is 0.0770. The maximum Gasteiger partial charge on any atom is 0.260 e. The third kappa shape index (κ3) is 5.03. The van der Waals surface area contributed by atoms with Crippen LogP contribution in [0.4, 0.5) is 17.6 Å². The minimum Gasteiger partial charge on any atom is -0.294 e. The number of hydrogen-bond donors (Lipinski definition) is 0. The summed E-state index contributed by atoms with van der Waals surface area (Å²) in [6.45, 7) is -0.207. The molecular formula is C27H23F4N3O. The summed E-state index contributed by atoms with van der Waals surface area (Å²) in [7, 11) is 0. The Hall–Kier alpha value is -3.39. The number of pyridine rings is 1. The van der Waals surface area contributed by atoms with Gasteiger partial charge < -0.3 is 0 Å². The molecule has 0 saturated carbocycles. The van der Waals surface area contributed by atoms with Gasteiger partial charge in [-0.05, 0) is 41.8 Å². The molecule has 1 fully saturated rings. The van der Waals surface area contributed by atoms with Crippen LogP contribution in [0.1, 0.15) is 45.5 Å². The van der Waals surface area contributed by atoms with E-state index < -0.39 is 36.4 Å². The molecule has 4 nitrogen and oxygen atoms in total. The van der Waals surface area contributed by atoms with Gasteiger partial charge in [0.2, 0.25) is 0 Å². The Bertz CT molecular complexity index is 1270. The Morgan fingerprint density at radius 1 is 1.06 bits per heavy atom. The van der Waals surface area contributed by atoms with Gasteiger partial charge in [0.25, 0.3) is 5.92 Å². The highest BCUT2D eigenvalue weighted by Crippen LogP contribution is 2.34. The second kappa shape index (κ2) is 9.34. The molecule has 180 valence electrons. The summed E-state index contributed by atoms with van der Waals surface area (Å²) in [4.78, 5) is 23.0. The quantitative estimate of drug-likeness (QED) is 0.348. The summed E-state index contributed by atoms with van der Waals surface area (Å²) < 4.78 is 57.2. The average Bonchev–Trinajstić information content (AvgIpc) is 3.24. The number of alkyl halides is 2. The lowest BCUT2D eigenvalue weighted by molar-refractivity contribution is -0.0867. The van der Waals surface area contributed by atoms with Crippen molar-refractivity contribution in [3.8, 4) is 0 Å². The second-order valence-electron chi connectivity index (χ2n) is 9.20. The second-order valence-corrected chi connectivity index (χ2v) is 9.20. The summed E-state index contributed by atoms with van der Waals surface area (Å²) in [6, 6.07) is 12.5. The van der Waals surface area contributed by atoms with Gasteiger partial charge >= 0.3 is 0 Å². The van der Waals surface area contributed by atoms with Crippen molar-refractivity contribution in [1.29, 1.82) is 0 Å². The van der Waals surface area contributed by atoms with Gasteiger partial charge in [0.15, 0.2) is 5.78 Å². The first-order valence-corrected chi connectivity index (χ1v) is 11.4. The highest BCUT2D eigenvalue weighted by atomic mass is 19.3. The molecule has 3 aromatic rings. The van der Waals surface area contributed by atoms with Crippen molar-refractivity contribution in [2.75, 3.05) is 13.1 Å². The summed E-state index contributed by atoms with van der Waals surface area (Å²) in [6.07, 6.45) is 2.83. The molecule has 1 unspecified atom stereocenters. The third-order valence-electron chi connectivity index (χ3n) is 6.52. The number of nitrogens with zero attached hydrogens (tertiary/aromatic N) is 3. The molecule has 0 amide bonds. The summed E-state index contributed by atoms with van der Waals surface area (Å²) in [5.41, 5.74) is 3.72. The van der Waals surface area contributed by atoms with Gasteiger partial charge in [0.1, 0.15) is 11.6 Å². The number of likely N-dealkylation sites (tertiary alicyclic amines) is 1. The molecule has 0 N–H and O–H groups in total. The molecular weight excluding hydrogens is 458 g/mol. The predicted molar refractivity (Wildman–Crippen MR) is 124 cm³/mol. The number of aromatic nitrogens is 1. The molecule has 0 aliphatic carbocycles. The van der Waals surface area contributed by atoms with Crippen LogP contribution in [0, 0.1) is 17.6 Å². The van der Waals surface area contributed by atoms with Crippen LogP contribution < -0.4 is 0 Å². The van der Waals surface area contributed by atoms with Gasteiger partial charge in [-0.2, -0.15) is 0 Å². The van der Waals surface area contributed by atoms with Crippen LogP contribution in [0.25, 0.3) is 0 Å². The molecule has 35 heavy (non-hydrogen) atoms. The molecule has 0 bridgehead atoms. The third-order valence-corrected chi connectivity index (χ3v) is 6.52. The maximum atomic E-state index is 14.5. The number of aliphatic imine (C=N–C) groups is 1. The zero-order valence-electron chi connectivity index (χ0n) is 18.9. The van der Waals surface area contributed by atoms with Crippen molar-refractivity contribution >= 4 is 11.5 Å². The lowest BCUT2D eigenvalue weighted by Gasteiger charge is -2.37. The predicted octanol–water partition coefficient (Wildman–Crippen LogP) is 5.44. The summed E-state index contributed by atoms with van der Waals surface area (Å²) >= 11 is 0. The van der Waals surface area contributed by atoms with Gasteiger partial charge in [-0.1, -0.05) is 18.2 Å². The fourth-order valence-electron chi connectivity index (χ4n) is 4.97. The monoisotopic (exact) mass is 481 g/mol. The number of halogens is 4. The van der Waals surface area contributed by atoms with Gasteiger partial charge in [0, 0.05) is 60.6 Å². The molecule has 1 atom stereocenters. The van der Waals surface area contributed by atoms with E-state index in [2.05, 4.69) is 9.98 Å². The van der Waals surface area contributed by atoms with E-state index in [1.54, 1.807) is 24.5 Å². The van der Waals surface area contributed by atoms with E-state index in [0.29, 0.717) is 12.1 Å². The fourth-order valence-corrected chi connectivity index (χ4v) is 4.97. The molecule has 8 heteroatoms. The first-order chi connectivity index (χ1) is 16.8. The number of piperidine rings is 1. The van der Waals surface area contributed by atoms with E-state index in [-0.39, 0.29) is 30.9 Å². The number of fused-ring (bicyclic) bond motifs is 1. The van der Waals surface area contributed by atoms with Crippen LogP contribution >= 0.6 is 0 Å². The van der Waals surface area contributed by atoms with Crippen molar-refractivity contribution in [2.45, 2.75) is 31.9 Å². The molecule has 2 aliphatic rings. The number of benzene rings is 2. The van der Waals surface area contributed by atoms with E-state index in [0.717, 1.165) is 34.5 Å². The molecule has 3 heterocycles. The van der Waals surface area contributed by atoms with Crippen molar-refractivity contribution in [2.24, 2.45) is 10.9 Å². The smallest absolute Gasteiger partial charge is 0.260 e. The van der Waals surface area contributed by atoms with Crippen LogP contribution in [0.5, 0.6) is 0 Å². The number of carbonyl (C=O) groups excluding carboxylic acids is 1. The molecule has 1 aromatic heterocycles. The van der Waals surface area contributed by atoms with Gasteiger partial charge in [0.05, 0.1) is 18.8 Å². The van der Waals surface area contributed by atoms with Crippen LogP contribution in [0.15, 0.2) is 65.9 Å². The fraction of sp³-hybridized carbons (Fsp3) is 0.296. The lowest BCUT2D eigenvalue weighted by Crippen LogP contribution is -2.47. The molecule has 2 aromatic carbocycles. The normalized spacial score (nSPS) is 19.3. The van der Waals surface area contributed by atoms with E-state index in [1.807, 2.05) is 18.2 Å². The average molecular weight is 481 g/mol. The first kappa shape index (κ1) is 23.4. The Morgan fingerprint density at radius 2 is 1.80 bits per heavy atom. The van der Waals surface area contributed by atoms with E-state index in [9.17, 15) is 22.4 Å². The van der Waals surface area contributed by atoms with Crippen molar-refractivity contribution in [3.05, 3.63) is 100 Å². The Balaban J connectivity index is 1.32. The van der Waals surface area contributed by atoms with E-state index in [4.69, 9.17) is 0 Å². The minimum atomic E-state index is -3.05. The topological polar surface area (TPSA) is 45.6 Å². The lowest BCUT2D eigenvalue weighted by atomic mass is 9.88. The Kier molecular flexibility index (Phi) is 6.23. The SMILES string of the molecule is O=C(CC1CN(Cc2c(F)cccc2F)CC(F)(F)C1)c1ccc2c(c1)C(c1ccncc1)=NC2. The number of hydrogen-bond acceptors (Lipinski definition) is 4. The van der Waals surface area contributed by atoms with Crippen LogP contribution in [0.3, 0.4) is 0 Å². The van der Waals surface area contributed by atoms with E-state index >= 15 is 0 Å². The van der Waals surface area contributed by atoms with Crippen molar-refractivity contribution < 1.29 is 22.4 Å². The van der Waals surface area contributed by atoms with Crippen molar-refractivity contribution in [3.63, 3.8) is 0 Å². The Morgan fingerprint density at radius 3 is 2.54 bits per heavy atom. The largest absolute Gasteiger partial charge is 0.294 e. The molecule has 1 saturated heterocycles. The molecule has 5 rings (SSSR count). The van der Waals surface area contributed by atoms with Gasteiger partial charge in [-0.15, -0.1) is 0 Å². The standard InChI is InChI=1S/C27H23F4N3O/c28-23-2-1-3-24(29)22(23)15-34-14-17(12-27(30,31)16-34)10-25(35)19-4-5-20-13-33-26(21(20)11-19)18-6-8-32-9-7-18/h1-9,11,17H,10,12-16H2. The zero-order valence-corrected chi connectivity index (χ0v) is 18.9. The molecule has 0 spiro atoms. The van der Waals surface area contributed by atoms with Crippen LogP contribution in [0.2, 0.25) is 0 Å².